The van der Waals surface area contributed by atoms with Gasteiger partial charge in [-0.3, -0.25) is 0 Å². The third kappa shape index (κ3) is 5.50. The summed E-state index contributed by atoms with van der Waals surface area (Å²) in [5.74, 6) is 0. The molecule has 0 aliphatic carbocycles. The van der Waals surface area contributed by atoms with Crippen LogP contribution in [-0.2, 0) is 6.54 Å². The average Bonchev–Trinajstić information content (AvgIpc) is 2.21. The minimum absolute atomic E-state index is 0.805. The number of nitrogens with zero attached hydrogens (tertiary/aromatic N) is 2. The summed E-state index contributed by atoms with van der Waals surface area (Å²) in [7, 11) is 6.38. The SMILES string of the molecule is CN(C)CCCN(C)Cc1ccc(Cl)cc1. The van der Waals surface area contributed by atoms with Crippen molar-refractivity contribution in [2.24, 2.45) is 0 Å². The summed E-state index contributed by atoms with van der Waals surface area (Å²) >= 11 is 5.85. The Kier molecular flexibility index (Phi) is 5.81. The van der Waals surface area contributed by atoms with Crippen LogP contribution in [0.15, 0.2) is 24.3 Å². The Morgan fingerprint density at radius 3 is 2.19 bits per heavy atom. The highest BCUT2D eigenvalue weighted by molar-refractivity contribution is 6.30. The van der Waals surface area contributed by atoms with Crippen LogP contribution < -0.4 is 0 Å². The largest absolute Gasteiger partial charge is 0.309 e. The molecule has 1 aromatic rings. The van der Waals surface area contributed by atoms with Crippen molar-refractivity contribution in [3.63, 3.8) is 0 Å². The van der Waals surface area contributed by atoms with E-state index in [0.717, 1.165) is 24.7 Å². The molecule has 0 N–H and O–H groups in total. The fourth-order valence-electron chi connectivity index (χ4n) is 1.64. The van der Waals surface area contributed by atoms with Crippen LogP contribution in [0.3, 0.4) is 0 Å². The van der Waals surface area contributed by atoms with Crippen molar-refractivity contribution in [3.8, 4) is 0 Å². The quantitative estimate of drug-likeness (QED) is 0.755. The molecule has 2 nitrogen and oxygen atoms in total. The van der Waals surface area contributed by atoms with E-state index in [4.69, 9.17) is 11.6 Å². The summed E-state index contributed by atoms with van der Waals surface area (Å²) in [5, 5.41) is 0.805. The van der Waals surface area contributed by atoms with Crippen molar-refractivity contribution in [2.45, 2.75) is 13.0 Å². The number of halogens is 1. The van der Waals surface area contributed by atoms with Crippen molar-refractivity contribution in [1.82, 2.24) is 9.80 Å². The Balaban J connectivity index is 2.28. The van der Waals surface area contributed by atoms with Gasteiger partial charge in [-0.1, -0.05) is 23.7 Å². The Bertz CT molecular complexity index is 295. The maximum absolute atomic E-state index is 5.85. The standard InChI is InChI=1S/C13H21ClN2/c1-15(2)9-4-10-16(3)11-12-5-7-13(14)8-6-12/h5-8H,4,9-11H2,1-3H3. The van der Waals surface area contributed by atoms with E-state index in [2.05, 4.69) is 43.1 Å². The molecule has 0 atom stereocenters. The van der Waals surface area contributed by atoms with E-state index in [-0.39, 0.29) is 0 Å². The molecule has 90 valence electrons. The lowest BCUT2D eigenvalue weighted by Crippen LogP contribution is -2.23. The Hall–Kier alpha value is -0.570. The van der Waals surface area contributed by atoms with E-state index in [0.29, 0.717) is 0 Å². The molecule has 0 aromatic heterocycles. The maximum Gasteiger partial charge on any atom is 0.0406 e. The Morgan fingerprint density at radius 1 is 1.00 bits per heavy atom. The molecule has 3 heteroatoms. The predicted molar refractivity (Wildman–Crippen MR) is 71.0 cm³/mol. The monoisotopic (exact) mass is 240 g/mol. The van der Waals surface area contributed by atoms with Gasteiger partial charge >= 0.3 is 0 Å². The van der Waals surface area contributed by atoms with Gasteiger partial charge in [0.05, 0.1) is 0 Å². The minimum atomic E-state index is 0.805. The molecular formula is C13H21ClN2. The van der Waals surface area contributed by atoms with E-state index in [1.807, 2.05) is 12.1 Å². The highest BCUT2D eigenvalue weighted by Crippen LogP contribution is 2.10. The van der Waals surface area contributed by atoms with Crippen molar-refractivity contribution < 1.29 is 0 Å². The summed E-state index contributed by atoms with van der Waals surface area (Å²) in [5.41, 5.74) is 1.32. The molecule has 1 rings (SSSR count). The molecule has 0 unspecified atom stereocenters. The van der Waals surface area contributed by atoms with Gasteiger partial charge in [0.1, 0.15) is 0 Å². The molecule has 0 bridgehead atoms. The van der Waals surface area contributed by atoms with Crippen molar-refractivity contribution in [3.05, 3.63) is 34.9 Å². The molecule has 0 radical (unpaired) electrons. The lowest BCUT2D eigenvalue weighted by atomic mass is 10.2. The lowest BCUT2D eigenvalue weighted by molar-refractivity contribution is 0.294. The summed E-state index contributed by atoms with van der Waals surface area (Å²) in [4.78, 5) is 4.56. The van der Waals surface area contributed by atoms with Crippen LogP contribution >= 0.6 is 11.6 Å². The second-order valence-electron chi connectivity index (χ2n) is 4.52. The summed E-state index contributed by atoms with van der Waals surface area (Å²) in [6.07, 6.45) is 1.21. The van der Waals surface area contributed by atoms with Gasteiger partial charge in [-0.2, -0.15) is 0 Å². The van der Waals surface area contributed by atoms with Crippen molar-refractivity contribution in [2.75, 3.05) is 34.2 Å². The van der Waals surface area contributed by atoms with Crippen molar-refractivity contribution in [1.29, 1.82) is 0 Å². The highest BCUT2D eigenvalue weighted by Gasteiger charge is 2.00. The molecule has 0 amide bonds. The van der Waals surface area contributed by atoms with E-state index in [1.54, 1.807) is 0 Å². The normalized spacial score (nSPS) is 11.4. The number of rotatable bonds is 6. The van der Waals surface area contributed by atoms with Gasteiger partial charge in [0.2, 0.25) is 0 Å². The van der Waals surface area contributed by atoms with Gasteiger partial charge in [0.15, 0.2) is 0 Å². The molecule has 0 aliphatic heterocycles. The first-order valence-electron chi connectivity index (χ1n) is 5.65. The topological polar surface area (TPSA) is 6.48 Å². The van der Waals surface area contributed by atoms with E-state index >= 15 is 0 Å². The fraction of sp³-hybridized carbons (Fsp3) is 0.538. The fourth-order valence-corrected chi connectivity index (χ4v) is 1.76. The Labute approximate surface area is 104 Å². The van der Waals surface area contributed by atoms with Crippen LogP contribution in [0.5, 0.6) is 0 Å². The molecule has 0 saturated heterocycles. The zero-order valence-corrected chi connectivity index (χ0v) is 11.2. The molecule has 0 fully saturated rings. The minimum Gasteiger partial charge on any atom is -0.309 e. The van der Waals surface area contributed by atoms with E-state index < -0.39 is 0 Å². The van der Waals surface area contributed by atoms with Gasteiger partial charge in [-0.25, -0.2) is 0 Å². The first kappa shape index (κ1) is 13.5. The summed E-state index contributed by atoms with van der Waals surface area (Å²) in [6.45, 7) is 3.26. The number of hydrogen-bond acceptors (Lipinski definition) is 2. The molecule has 16 heavy (non-hydrogen) atoms. The molecular weight excluding hydrogens is 220 g/mol. The van der Waals surface area contributed by atoms with Gasteiger partial charge < -0.3 is 9.80 Å². The first-order valence-corrected chi connectivity index (χ1v) is 6.03. The van der Waals surface area contributed by atoms with Crippen LogP contribution in [0.4, 0.5) is 0 Å². The first-order chi connectivity index (χ1) is 7.58. The molecule has 0 heterocycles. The maximum atomic E-state index is 5.85. The van der Waals surface area contributed by atoms with Gasteiger partial charge in [-0.05, 0) is 58.3 Å². The second-order valence-corrected chi connectivity index (χ2v) is 4.96. The smallest absolute Gasteiger partial charge is 0.0406 e. The average molecular weight is 241 g/mol. The lowest BCUT2D eigenvalue weighted by Gasteiger charge is -2.18. The van der Waals surface area contributed by atoms with Gasteiger partial charge in [-0.15, -0.1) is 0 Å². The highest BCUT2D eigenvalue weighted by atomic mass is 35.5. The van der Waals surface area contributed by atoms with Crippen LogP contribution in [-0.4, -0.2) is 44.0 Å². The Morgan fingerprint density at radius 2 is 1.62 bits per heavy atom. The van der Waals surface area contributed by atoms with Gasteiger partial charge in [0.25, 0.3) is 0 Å². The molecule has 1 aromatic carbocycles. The molecule has 0 spiro atoms. The van der Waals surface area contributed by atoms with Crippen LogP contribution in [0.2, 0.25) is 5.02 Å². The van der Waals surface area contributed by atoms with Crippen LogP contribution in [0, 0.1) is 0 Å². The number of hydrogen-bond donors (Lipinski definition) is 0. The zero-order chi connectivity index (χ0) is 12.0. The molecule has 0 aliphatic rings. The number of benzene rings is 1. The van der Waals surface area contributed by atoms with E-state index in [9.17, 15) is 0 Å². The zero-order valence-electron chi connectivity index (χ0n) is 10.4. The predicted octanol–water partition coefficient (Wildman–Crippen LogP) is 2.72. The molecule has 0 saturated carbocycles. The van der Waals surface area contributed by atoms with Crippen LogP contribution in [0.25, 0.3) is 0 Å². The van der Waals surface area contributed by atoms with E-state index in [1.165, 1.54) is 12.0 Å². The third-order valence-corrected chi connectivity index (χ3v) is 2.76. The summed E-state index contributed by atoms with van der Waals surface area (Å²) in [6, 6.07) is 8.07. The third-order valence-electron chi connectivity index (χ3n) is 2.51. The van der Waals surface area contributed by atoms with Gasteiger partial charge in [0, 0.05) is 11.6 Å². The van der Waals surface area contributed by atoms with Crippen molar-refractivity contribution >= 4 is 11.6 Å². The summed E-state index contributed by atoms with van der Waals surface area (Å²) < 4.78 is 0. The second kappa shape index (κ2) is 6.89. The van der Waals surface area contributed by atoms with Crippen LogP contribution in [0.1, 0.15) is 12.0 Å².